The molecule has 0 aliphatic carbocycles. The van der Waals surface area contributed by atoms with Crippen LogP contribution in [0.2, 0.25) is 0 Å². The average Bonchev–Trinajstić information content (AvgIpc) is 3.24. The number of hydrogen-bond acceptors (Lipinski definition) is 8. The van der Waals surface area contributed by atoms with Crippen molar-refractivity contribution in [2.75, 3.05) is 13.1 Å². The highest BCUT2D eigenvalue weighted by molar-refractivity contribution is 7.91. The van der Waals surface area contributed by atoms with Crippen LogP contribution >= 0.6 is 11.3 Å². The van der Waals surface area contributed by atoms with Gasteiger partial charge in [0.15, 0.2) is 0 Å². The van der Waals surface area contributed by atoms with E-state index in [0.717, 1.165) is 11.3 Å². The van der Waals surface area contributed by atoms with E-state index < -0.39 is 10.0 Å². The molecule has 1 fully saturated rings. The Balaban J connectivity index is 1.46. The Labute approximate surface area is 148 Å². The van der Waals surface area contributed by atoms with Crippen LogP contribution in [0, 0.1) is 0 Å². The molecule has 0 N–H and O–H groups in total. The molecule has 8 nitrogen and oxygen atoms in total. The van der Waals surface area contributed by atoms with E-state index in [1.165, 1.54) is 15.6 Å². The topological polar surface area (TPSA) is 102 Å². The van der Waals surface area contributed by atoms with Crippen molar-refractivity contribution >= 4 is 21.4 Å². The van der Waals surface area contributed by atoms with Crippen molar-refractivity contribution in [3.63, 3.8) is 0 Å². The van der Waals surface area contributed by atoms with E-state index in [9.17, 15) is 8.42 Å². The lowest BCUT2D eigenvalue weighted by atomic mass is 10.0. The SMILES string of the molecule is CCc1ccc(S(=O)(=O)N2CC(c3nc(-c4ncccn4)no3)C2)s1. The minimum absolute atomic E-state index is 0.106. The van der Waals surface area contributed by atoms with Crippen LogP contribution in [0.25, 0.3) is 11.6 Å². The largest absolute Gasteiger partial charge is 0.338 e. The number of thiophene rings is 1. The fourth-order valence-electron chi connectivity index (χ4n) is 2.51. The second-order valence-electron chi connectivity index (χ2n) is 5.62. The van der Waals surface area contributed by atoms with Crippen LogP contribution in [0.4, 0.5) is 0 Å². The summed E-state index contributed by atoms with van der Waals surface area (Å²) in [5, 5.41) is 3.87. The first-order chi connectivity index (χ1) is 12.1. The Morgan fingerprint density at radius 1 is 1.24 bits per heavy atom. The molecule has 3 aromatic heterocycles. The molecule has 0 unspecified atom stereocenters. The number of sulfonamides is 1. The van der Waals surface area contributed by atoms with Crippen LogP contribution in [0.1, 0.15) is 23.6 Å². The number of aryl methyl sites for hydroxylation is 1. The quantitative estimate of drug-likeness (QED) is 0.669. The molecule has 10 heteroatoms. The molecule has 0 radical (unpaired) electrons. The maximum Gasteiger partial charge on any atom is 0.252 e. The standard InChI is InChI=1S/C15H15N5O3S2/c1-2-11-4-5-12(24-11)25(21,22)20-8-10(9-20)15-18-14(19-23-15)13-16-6-3-7-17-13/h3-7,10H,2,8-9H2,1H3. The van der Waals surface area contributed by atoms with Crippen molar-refractivity contribution in [1.29, 1.82) is 0 Å². The number of aromatic nitrogens is 4. The summed E-state index contributed by atoms with van der Waals surface area (Å²) < 4.78 is 32.3. The monoisotopic (exact) mass is 377 g/mol. The predicted molar refractivity (Wildman–Crippen MR) is 90.5 cm³/mol. The number of hydrogen-bond donors (Lipinski definition) is 0. The Kier molecular flexibility index (Phi) is 4.10. The van der Waals surface area contributed by atoms with Gasteiger partial charge in [0, 0.05) is 30.4 Å². The minimum atomic E-state index is -3.44. The zero-order chi connectivity index (χ0) is 17.4. The molecule has 0 spiro atoms. The van der Waals surface area contributed by atoms with E-state index in [4.69, 9.17) is 4.52 Å². The summed E-state index contributed by atoms with van der Waals surface area (Å²) in [5.41, 5.74) is 0. The Morgan fingerprint density at radius 3 is 2.68 bits per heavy atom. The fourth-order valence-corrected chi connectivity index (χ4v) is 5.49. The Bertz CT molecular complexity index is 978. The third-order valence-corrected chi connectivity index (χ3v) is 7.51. The first-order valence-corrected chi connectivity index (χ1v) is 10.0. The summed E-state index contributed by atoms with van der Waals surface area (Å²) in [6.07, 6.45) is 4.03. The molecule has 0 amide bonds. The van der Waals surface area contributed by atoms with E-state index in [-0.39, 0.29) is 5.92 Å². The van der Waals surface area contributed by atoms with Crippen molar-refractivity contribution in [3.05, 3.63) is 41.4 Å². The van der Waals surface area contributed by atoms with Crippen LogP contribution in [-0.2, 0) is 16.4 Å². The van der Waals surface area contributed by atoms with Gasteiger partial charge in [-0.3, -0.25) is 0 Å². The molecular formula is C15H15N5O3S2. The first-order valence-electron chi connectivity index (χ1n) is 7.78. The van der Waals surface area contributed by atoms with Crippen molar-refractivity contribution < 1.29 is 12.9 Å². The summed E-state index contributed by atoms with van der Waals surface area (Å²) in [6.45, 7) is 2.67. The van der Waals surface area contributed by atoms with Crippen LogP contribution in [-0.4, -0.2) is 45.9 Å². The maximum absolute atomic E-state index is 12.6. The normalized spacial score (nSPS) is 16.0. The summed E-state index contributed by atoms with van der Waals surface area (Å²) in [5.74, 6) is 0.995. The van der Waals surface area contributed by atoms with Crippen LogP contribution in [0.3, 0.4) is 0 Å². The van der Waals surface area contributed by atoms with Crippen LogP contribution < -0.4 is 0 Å². The number of nitrogens with zero attached hydrogens (tertiary/aromatic N) is 5. The molecule has 4 rings (SSSR count). The second kappa shape index (κ2) is 6.28. The van der Waals surface area contributed by atoms with Crippen LogP contribution in [0.15, 0.2) is 39.3 Å². The van der Waals surface area contributed by atoms with Crippen molar-refractivity contribution in [2.45, 2.75) is 23.5 Å². The lowest BCUT2D eigenvalue weighted by Gasteiger charge is -2.35. The molecule has 0 aromatic carbocycles. The number of rotatable bonds is 5. The van der Waals surface area contributed by atoms with Crippen molar-refractivity contribution in [2.24, 2.45) is 0 Å². The molecule has 1 aliphatic heterocycles. The second-order valence-corrected chi connectivity index (χ2v) is 8.95. The molecule has 1 aliphatic rings. The lowest BCUT2D eigenvalue weighted by molar-refractivity contribution is 0.217. The highest BCUT2D eigenvalue weighted by Crippen LogP contribution is 2.34. The highest BCUT2D eigenvalue weighted by atomic mass is 32.2. The van der Waals surface area contributed by atoms with Crippen LogP contribution in [0.5, 0.6) is 0 Å². The average molecular weight is 377 g/mol. The van der Waals surface area contributed by atoms with Gasteiger partial charge in [0.2, 0.25) is 17.5 Å². The zero-order valence-electron chi connectivity index (χ0n) is 13.4. The third-order valence-electron chi connectivity index (χ3n) is 3.98. The Hall–Kier alpha value is -2.17. The molecule has 3 aromatic rings. The van der Waals surface area contributed by atoms with Gasteiger partial charge in [-0.1, -0.05) is 12.1 Å². The van der Waals surface area contributed by atoms with Gasteiger partial charge in [-0.15, -0.1) is 11.3 Å². The maximum atomic E-state index is 12.6. The molecule has 25 heavy (non-hydrogen) atoms. The van der Waals surface area contributed by atoms with Gasteiger partial charge in [0.05, 0.1) is 5.92 Å². The highest BCUT2D eigenvalue weighted by Gasteiger charge is 2.41. The van der Waals surface area contributed by atoms with E-state index >= 15 is 0 Å². The fraction of sp³-hybridized carbons (Fsp3) is 0.333. The molecule has 1 saturated heterocycles. The first kappa shape index (κ1) is 16.3. The molecule has 0 atom stereocenters. The van der Waals surface area contributed by atoms with E-state index in [1.54, 1.807) is 24.5 Å². The van der Waals surface area contributed by atoms with E-state index in [0.29, 0.717) is 34.8 Å². The zero-order valence-corrected chi connectivity index (χ0v) is 15.0. The van der Waals surface area contributed by atoms with Gasteiger partial charge < -0.3 is 4.52 Å². The smallest absolute Gasteiger partial charge is 0.252 e. The summed E-state index contributed by atoms with van der Waals surface area (Å²) in [7, 11) is -3.44. The summed E-state index contributed by atoms with van der Waals surface area (Å²) in [6, 6.07) is 5.23. The van der Waals surface area contributed by atoms with E-state index in [2.05, 4.69) is 20.1 Å². The molecule has 130 valence electrons. The van der Waals surface area contributed by atoms with Gasteiger partial charge >= 0.3 is 0 Å². The lowest BCUT2D eigenvalue weighted by Crippen LogP contribution is -2.48. The van der Waals surface area contributed by atoms with Crippen molar-refractivity contribution in [1.82, 2.24) is 24.4 Å². The molecule has 0 bridgehead atoms. The molecule has 4 heterocycles. The summed E-state index contributed by atoms with van der Waals surface area (Å²) in [4.78, 5) is 13.5. The van der Waals surface area contributed by atoms with Gasteiger partial charge in [-0.2, -0.15) is 9.29 Å². The third kappa shape index (κ3) is 2.96. The summed E-state index contributed by atoms with van der Waals surface area (Å²) >= 11 is 1.32. The minimum Gasteiger partial charge on any atom is -0.338 e. The van der Waals surface area contributed by atoms with Gasteiger partial charge in [0.25, 0.3) is 10.0 Å². The van der Waals surface area contributed by atoms with Gasteiger partial charge in [0.1, 0.15) is 4.21 Å². The molecule has 0 saturated carbocycles. The van der Waals surface area contributed by atoms with Crippen molar-refractivity contribution in [3.8, 4) is 11.6 Å². The Morgan fingerprint density at radius 2 is 2.00 bits per heavy atom. The predicted octanol–water partition coefficient (Wildman–Crippen LogP) is 1.94. The molecular weight excluding hydrogens is 362 g/mol. The van der Waals surface area contributed by atoms with Gasteiger partial charge in [-0.25, -0.2) is 18.4 Å². The van der Waals surface area contributed by atoms with Gasteiger partial charge in [-0.05, 0) is 24.6 Å². The van der Waals surface area contributed by atoms with E-state index in [1.807, 2.05) is 13.0 Å².